The molecule has 0 spiro atoms. The van der Waals surface area contributed by atoms with Gasteiger partial charge in [-0.1, -0.05) is 72.1 Å². The first-order valence-corrected chi connectivity index (χ1v) is 14.9. The van der Waals surface area contributed by atoms with Gasteiger partial charge in [0.15, 0.2) is 0 Å². The summed E-state index contributed by atoms with van der Waals surface area (Å²) >= 11 is 0. The first-order chi connectivity index (χ1) is 18.5. The average Bonchev–Trinajstić information content (AvgIpc) is 2.88. The van der Waals surface area contributed by atoms with E-state index in [2.05, 4.69) is 24.6 Å². The quantitative estimate of drug-likeness (QED) is 0.272. The Bertz CT molecular complexity index is 874. The zero-order valence-corrected chi connectivity index (χ0v) is 27.1. The molecule has 0 aliphatic heterocycles. The lowest BCUT2D eigenvalue weighted by atomic mass is 9.83. The highest BCUT2D eigenvalue weighted by atomic mass is 16.5. The molecule has 0 bridgehead atoms. The van der Waals surface area contributed by atoms with Crippen LogP contribution in [0, 0.1) is 11.8 Å². The molecule has 1 saturated carbocycles. The highest BCUT2D eigenvalue weighted by Crippen LogP contribution is 2.31. The van der Waals surface area contributed by atoms with Gasteiger partial charge in [-0.15, -0.1) is 0 Å². The number of nitrogens with zero attached hydrogens (tertiary/aromatic N) is 4. The fraction of sp³-hybridized carbons (Fsp3) is 0.750. The van der Waals surface area contributed by atoms with Crippen LogP contribution >= 0.6 is 0 Å². The molecule has 40 heavy (non-hydrogen) atoms. The van der Waals surface area contributed by atoms with Crippen molar-refractivity contribution in [1.29, 1.82) is 0 Å². The minimum absolute atomic E-state index is 0.0194. The van der Waals surface area contributed by atoms with Crippen molar-refractivity contribution in [1.82, 2.24) is 19.6 Å². The first-order valence-electron chi connectivity index (χ1n) is 14.9. The van der Waals surface area contributed by atoms with E-state index in [0.717, 1.165) is 18.5 Å². The highest BCUT2D eigenvalue weighted by Gasteiger charge is 2.30. The second-order valence-electron chi connectivity index (χ2n) is 12.9. The fourth-order valence-electron chi connectivity index (χ4n) is 5.17. The van der Waals surface area contributed by atoms with Crippen LogP contribution in [-0.2, 0) is 14.3 Å². The Labute approximate surface area is 245 Å². The van der Waals surface area contributed by atoms with Gasteiger partial charge in [0.1, 0.15) is 11.4 Å². The van der Waals surface area contributed by atoms with Gasteiger partial charge in [-0.3, -0.25) is 9.59 Å². The molecule has 8 nitrogen and oxygen atoms in total. The minimum Gasteiger partial charge on any atom is -0.491 e. The van der Waals surface area contributed by atoms with Crippen LogP contribution in [0.3, 0.4) is 0 Å². The summed E-state index contributed by atoms with van der Waals surface area (Å²) in [6, 6.07) is -0.684. The summed E-state index contributed by atoms with van der Waals surface area (Å²) in [5.74, 6) is 1.20. The Kier molecular flexibility index (Phi) is 14.3. The predicted octanol–water partition coefficient (Wildman–Crippen LogP) is 4.84. The largest absolute Gasteiger partial charge is 0.491 e. The Morgan fingerprint density at radius 1 is 0.925 bits per heavy atom. The van der Waals surface area contributed by atoms with Crippen LogP contribution in [-0.4, -0.2) is 96.9 Å². The lowest BCUT2D eigenvalue weighted by Gasteiger charge is -2.38. The molecular formula is C32H59N5O3. The van der Waals surface area contributed by atoms with E-state index in [-0.39, 0.29) is 35.9 Å². The summed E-state index contributed by atoms with van der Waals surface area (Å²) in [6.45, 7) is 23.7. The second-order valence-corrected chi connectivity index (χ2v) is 12.9. The number of hydrogen-bond acceptors (Lipinski definition) is 6. The maximum atomic E-state index is 13.6. The van der Waals surface area contributed by atoms with Crippen molar-refractivity contribution in [2.45, 2.75) is 97.2 Å². The van der Waals surface area contributed by atoms with Gasteiger partial charge >= 0.3 is 0 Å². The van der Waals surface area contributed by atoms with Crippen molar-refractivity contribution in [2.75, 3.05) is 47.8 Å². The van der Waals surface area contributed by atoms with Gasteiger partial charge in [0, 0.05) is 39.6 Å². The molecule has 0 heterocycles. The van der Waals surface area contributed by atoms with Crippen LogP contribution in [0.4, 0.5) is 0 Å². The SMILES string of the molecule is C=C(CN(C)C(=C)C(CC1CCCCC1)N(C)C(=O)CN(C)C(=C)CN(C)C(=O)C(N)[C@@H](C)CC)OC(C)(C)C. The van der Waals surface area contributed by atoms with Crippen molar-refractivity contribution < 1.29 is 14.3 Å². The molecule has 2 N–H and O–H groups in total. The van der Waals surface area contributed by atoms with Crippen molar-refractivity contribution in [2.24, 2.45) is 17.6 Å². The van der Waals surface area contributed by atoms with E-state index in [4.69, 9.17) is 10.5 Å². The zero-order valence-electron chi connectivity index (χ0n) is 27.1. The molecule has 2 amide bonds. The van der Waals surface area contributed by atoms with Crippen LogP contribution in [0.1, 0.15) is 79.6 Å². The molecule has 1 rings (SSSR count). The van der Waals surface area contributed by atoms with E-state index in [1.165, 1.54) is 32.1 Å². The molecule has 3 atom stereocenters. The fourth-order valence-corrected chi connectivity index (χ4v) is 5.17. The third-order valence-corrected chi connectivity index (χ3v) is 8.13. The number of hydrogen-bond donors (Lipinski definition) is 1. The van der Waals surface area contributed by atoms with Crippen molar-refractivity contribution in [3.8, 4) is 0 Å². The maximum Gasteiger partial charge on any atom is 0.242 e. The molecule has 0 radical (unpaired) electrons. The summed E-state index contributed by atoms with van der Waals surface area (Å²) in [7, 11) is 7.42. The van der Waals surface area contributed by atoms with Gasteiger partial charge in [0.2, 0.25) is 11.8 Å². The Morgan fingerprint density at radius 3 is 2.02 bits per heavy atom. The van der Waals surface area contributed by atoms with Gasteiger partial charge in [-0.25, -0.2) is 0 Å². The predicted molar refractivity (Wildman–Crippen MR) is 166 cm³/mol. The van der Waals surface area contributed by atoms with Gasteiger partial charge in [0.25, 0.3) is 0 Å². The van der Waals surface area contributed by atoms with Gasteiger partial charge < -0.3 is 30.1 Å². The molecule has 1 aliphatic carbocycles. The van der Waals surface area contributed by atoms with E-state index in [9.17, 15) is 9.59 Å². The molecule has 1 aliphatic rings. The summed E-state index contributed by atoms with van der Waals surface area (Å²) in [5, 5.41) is 0. The van der Waals surface area contributed by atoms with Crippen LogP contribution in [0.5, 0.6) is 0 Å². The number of ether oxygens (including phenoxy) is 1. The minimum atomic E-state index is -0.547. The summed E-state index contributed by atoms with van der Waals surface area (Å²) < 4.78 is 5.95. The number of amides is 2. The molecule has 0 aromatic rings. The molecular weight excluding hydrogens is 502 g/mol. The van der Waals surface area contributed by atoms with Crippen LogP contribution in [0.15, 0.2) is 36.9 Å². The van der Waals surface area contributed by atoms with Crippen molar-refractivity contribution in [3.05, 3.63) is 36.9 Å². The average molecular weight is 562 g/mol. The highest BCUT2D eigenvalue weighted by molar-refractivity contribution is 5.82. The van der Waals surface area contributed by atoms with Gasteiger partial charge in [-0.05, 0) is 39.0 Å². The second kappa shape index (κ2) is 16.1. The summed E-state index contributed by atoms with van der Waals surface area (Å²) in [5.41, 5.74) is 7.39. The third kappa shape index (κ3) is 11.6. The number of carbonyl (C=O) groups excluding carboxylic acids is 2. The number of nitrogens with two attached hydrogens (primary N) is 1. The molecule has 230 valence electrons. The monoisotopic (exact) mass is 561 g/mol. The van der Waals surface area contributed by atoms with E-state index in [0.29, 0.717) is 30.5 Å². The van der Waals surface area contributed by atoms with Gasteiger partial charge in [-0.2, -0.15) is 0 Å². The summed E-state index contributed by atoms with van der Waals surface area (Å²) in [4.78, 5) is 33.6. The zero-order chi connectivity index (χ0) is 30.8. The normalized spacial score (nSPS) is 16.4. The lowest BCUT2D eigenvalue weighted by Crippen LogP contribution is -2.48. The number of rotatable bonds is 16. The topological polar surface area (TPSA) is 82.4 Å². The van der Waals surface area contributed by atoms with E-state index in [1.807, 2.05) is 65.6 Å². The summed E-state index contributed by atoms with van der Waals surface area (Å²) in [6.07, 6.45) is 7.85. The molecule has 1 fully saturated rings. The Balaban J connectivity index is 2.92. The van der Waals surface area contributed by atoms with Gasteiger partial charge in [0.05, 0.1) is 31.7 Å². The number of carbonyl (C=O) groups is 2. The molecule has 0 aromatic carbocycles. The molecule has 0 saturated heterocycles. The van der Waals surface area contributed by atoms with E-state index >= 15 is 0 Å². The molecule has 0 aromatic heterocycles. The standard InChI is InChI=1S/C32H59N5O3/c1-13-23(2)30(33)31(39)36(11)20-24(3)34(9)22-29(38)37(12)28(19-27-17-15-14-16-18-27)26(5)35(10)21-25(4)40-32(6,7)8/h23,27-28,30H,3-5,13-22,33H2,1-2,6-12H3/t23-,28?,30?/m0/s1. The molecule has 2 unspecified atom stereocenters. The van der Waals surface area contributed by atoms with Crippen molar-refractivity contribution in [3.63, 3.8) is 0 Å². The first kappa shape index (κ1) is 35.5. The van der Waals surface area contributed by atoms with Crippen molar-refractivity contribution >= 4 is 11.8 Å². The van der Waals surface area contributed by atoms with Crippen LogP contribution in [0.2, 0.25) is 0 Å². The van der Waals surface area contributed by atoms with Crippen LogP contribution < -0.4 is 5.73 Å². The van der Waals surface area contributed by atoms with E-state index < -0.39 is 6.04 Å². The smallest absolute Gasteiger partial charge is 0.242 e. The Hall–Kier alpha value is -2.48. The van der Waals surface area contributed by atoms with E-state index in [1.54, 1.807) is 11.9 Å². The van der Waals surface area contributed by atoms with Crippen LogP contribution in [0.25, 0.3) is 0 Å². The number of likely N-dealkylation sites (N-methyl/N-ethyl adjacent to an activating group) is 4. The molecule has 8 heteroatoms. The third-order valence-electron chi connectivity index (χ3n) is 8.13. The maximum absolute atomic E-state index is 13.6. The Morgan fingerprint density at radius 2 is 1.50 bits per heavy atom. The lowest BCUT2D eigenvalue weighted by molar-refractivity contribution is -0.132.